The molecule has 1 aliphatic heterocycles. The van der Waals surface area contributed by atoms with Crippen LogP contribution in [0.25, 0.3) is 11.5 Å². The Bertz CT molecular complexity index is 750. The Balaban J connectivity index is 1.65. The maximum absolute atomic E-state index is 12.3. The van der Waals surface area contributed by atoms with E-state index in [0.717, 1.165) is 19.3 Å². The second-order valence-corrected chi connectivity index (χ2v) is 7.25. The normalized spacial score (nSPS) is 27.2. The monoisotopic (exact) mass is 347 g/mol. The number of alkyl halides is 1. The van der Waals surface area contributed by atoms with Crippen molar-refractivity contribution in [2.75, 3.05) is 13.1 Å². The van der Waals surface area contributed by atoms with Crippen molar-refractivity contribution in [3.8, 4) is 11.5 Å². The van der Waals surface area contributed by atoms with Gasteiger partial charge in [-0.1, -0.05) is 11.6 Å². The number of aromatic nitrogens is 4. The number of carbonyl (C=O) groups excluding carboxylic acids is 1. The molecule has 3 atom stereocenters. The molecule has 3 heterocycles. The first kappa shape index (κ1) is 15.5. The Kier molecular flexibility index (Phi) is 3.75. The van der Waals surface area contributed by atoms with Gasteiger partial charge in [0.25, 0.3) is 0 Å². The largest absolute Gasteiger partial charge is 0.340 e. The van der Waals surface area contributed by atoms with Gasteiger partial charge >= 0.3 is 0 Å². The van der Waals surface area contributed by atoms with Gasteiger partial charge in [0.1, 0.15) is 11.1 Å². The maximum Gasteiger partial charge on any atom is 0.240 e. The van der Waals surface area contributed by atoms with Crippen molar-refractivity contribution < 1.29 is 9.32 Å². The molecular formula is C16H18ClN5O2. The third kappa shape index (κ3) is 2.38. The summed E-state index contributed by atoms with van der Waals surface area (Å²) in [5, 5.41) is 3.56. The third-order valence-corrected chi connectivity index (χ3v) is 5.35. The van der Waals surface area contributed by atoms with Crippen molar-refractivity contribution in [2.24, 2.45) is 5.92 Å². The van der Waals surface area contributed by atoms with Crippen LogP contribution in [0.2, 0.25) is 0 Å². The molecule has 1 saturated heterocycles. The molecule has 0 aromatic carbocycles. The van der Waals surface area contributed by atoms with E-state index >= 15 is 0 Å². The van der Waals surface area contributed by atoms with Crippen LogP contribution in [0.4, 0.5) is 0 Å². The van der Waals surface area contributed by atoms with Crippen LogP contribution in [-0.2, 0) is 10.2 Å². The van der Waals surface area contributed by atoms with Gasteiger partial charge < -0.3 is 9.42 Å². The van der Waals surface area contributed by atoms with E-state index in [0.29, 0.717) is 36.4 Å². The molecule has 0 spiro atoms. The lowest BCUT2D eigenvalue weighted by molar-refractivity contribution is -0.129. The molecule has 0 N–H and O–H groups in total. The summed E-state index contributed by atoms with van der Waals surface area (Å²) in [5.41, 5.74) is 0.327. The highest BCUT2D eigenvalue weighted by molar-refractivity contribution is 6.30. The number of nitrogens with zero attached hydrogens (tertiary/aromatic N) is 5. The molecule has 0 radical (unpaired) electrons. The van der Waals surface area contributed by atoms with Crippen LogP contribution in [-0.4, -0.2) is 49.4 Å². The minimum absolute atomic E-state index is 0.0286. The lowest BCUT2D eigenvalue weighted by Crippen LogP contribution is -2.37. The van der Waals surface area contributed by atoms with Gasteiger partial charge in [0, 0.05) is 25.5 Å². The van der Waals surface area contributed by atoms with Crippen LogP contribution in [0.5, 0.6) is 0 Å². The van der Waals surface area contributed by atoms with Gasteiger partial charge in [0.05, 0.1) is 11.6 Å². The fraction of sp³-hybridized carbons (Fsp3) is 0.562. The highest BCUT2D eigenvalue weighted by atomic mass is 35.5. The van der Waals surface area contributed by atoms with E-state index in [4.69, 9.17) is 16.1 Å². The third-order valence-electron chi connectivity index (χ3n) is 5.17. The van der Waals surface area contributed by atoms with Gasteiger partial charge in [0.15, 0.2) is 0 Å². The molecular weight excluding hydrogens is 330 g/mol. The zero-order valence-electron chi connectivity index (χ0n) is 13.4. The number of carbonyl (C=O) groups is 1. The zero-order chi connectivity index (χ0) is 16.7. The van der Waals surface area contributed by atoms with Crippen LogP contribution >= 0.6 is 11.6 Å². The second-order valence-electron chi connectivity index (χ2n) is 6.59. The summed E-state index contributed by atoms with van der Waals surface area (Å²) in [7, 11) is 0. The van der Waals surface area contributed by atoms with Gasteiger partial charge in [-0.05, 0) is 25.7 Å². The van der Waals surface area contributed by atoms with Crippen molar-refractivity contribution in [3.63, 3.8) is 0 Å². The molecule has 126 valence electrons. The van der Waals surface area contributed by atoms with Crippen molar-refractivity contribution in [2.45, 2.75) is 37.0 Å². The molecule has 2 aliphatic rings. The molecule has 1 amide bonds. The smallest absolute Gasteiger partial charge is 0.240 e. The molecule has 1 unspecified atom stereocenters. The van der Waals surface area contributed by atoms with Gasteiger partial charge in [0.2, 0.25) is 17.6 Å². The minimum atomic E-state index is -0.515. The van der Waals surface area contributed by atoms with E-state index in [1.54, 1.807) is 25.5 Å². The fourth-order valence-electron chi connectivity index (χ4n) is 4.00. The van der Waals surface area contributed by atoms with Crippen molar-refractivity contribution in [1.29, 1.82) is 0 Å². The Morgan fingerprint density at radius 3 is 3.12 bits per heavy atom. The number of rotatable bonds is 3. The number of likely N-dealkylation sites (tertiary alicyclic amines) is 1. The Hall–Kier alpha value is -2.02. The van der Waals surface area contributed by atoms with Crippen LogP contribution in [0.3, 0.4) is 0 Å². The molecule has 2 aromatic heterocycles. The topological polar surface area (TPSA) is 85.0 Å². The lowest BCUT2D eigenvalue weighted by atomic mass is 9.80. The Morgan fingerprint density at radius 1 is 1.50 bits per heavy atom. The molecule has 8 heteroatoms. The molecule has 0 bridgehead atoms. The summed E-state index contributed by atoms with van der Waals surface area (Å²) in [6.07, 6.45) is 7.91. The first-order valence-electron chi connectivity index (χ1n) is 8.13. The van der Waals surface area contributed by atoms with Gasteiger partial charge in [-0.15, -0.1) is 11.6 Å². The number of fused-ring (bicyclic) bond motifs is 1. The van der Waals surface area contributed by atoms with Crippen molar-refractivity contribution in [3.05, 3.63) is 24.5 Å². The number of amides is 1. The van der Waals surface area contributed by atoms with Gasteiger partial charge in [-0.25, -0.2) is 4.98 Å². The Labute approximate surface area is 144 Å². The van der Waals surface area contributed by atoms with Crippen molar-refractivity contribution in [1.82, 2.24) is 25.0 Å². The van der Waals surface area contributed by atoms with Crippen LogP contribution in [0, 0.1) is 5.92 Å². The average molecular weight is 348 g/mol. The zero-order valence-corrected chi connectivity index (χ0v) is 14.1. The van der Waals surface area contributed by atoms with E-state index in [2.05, 4.69) is 20.1 Å². The first-order chi connectivity index (χ1) is 11.6. The van der Waals surface area contributed by atoms with E-state index in [1.165, 1.54) is 0 Å². The summed E-state index contributed by atoms with van der Waals surface area (Å²) in [5.74, 6) is 1.35. The molecule has 4 rings (SSSR count). The predicted molar refractivity (Wildman–Crippen MR) is 86.2 cm³/mol. The molecule has 2 fully saturated rings. The average Bonchev–Trinajstić information content (AvgIpc) is 3.28. The maximum atomic E-state index is 12.3. The summed E-state index contributed by atoms with van der Waals surface area (Å²) in [6, 6.07) is 0. The molecule has 1 saturated carbocycles. The highest BCUT2D eigenvalue weighted by Crippen LogP contribution is 2.50. The summed E-state index contributed by atoms with van der Waals surface area (Å²) < 4.78 is 5.60. The van der Waals surface area contributed by atoms with Crippen LogP contribution in [0.1, 0.15) is 32.1 Å². The van der Waals surface area contributed by atoms with Gasteiger partial charge in [-0.2, -0.15) is 4.98 Å². The lowest BCUT2D eigenvalue weighted by Gasteiger charge is -2.24. The van der Waals surface area contributed by atoms with Gasteiger partial charge in [-0.3, -0.25) is 9.78 Å². The molecule has 24 heavy (non-hydrogen) atoms. The molecule has 2 aromatic rings. The van der Waals surface area contributed by atoms with E-state index in [1.807, 2.05) is 4.90 Å². The number of hydrogen-bond donors (Lipinski definition) is 0. The van der Waals surface area contributed by atoms with E-state index in [9.17, 15) is 4.79 Å². The number of hydrogen-bond acceptors (Lipinski definition) is 6. The standard InChI is InChI=1S/C16H18ClN5O2/c1-10(17)14(23)22-8-11-3-2-4-16(11,9-22)15-20-13(21-24-15)12-7-18-5-6-19-12/h5-7,10-11H,2-4,8-9H2,1H3/t10?,11-,16-/m0/s1. The molecule has 7 nitrogen and oxygen atoms in total. The Morgan fingerprint density at radius 2 is 2.38 bits per heavy atom. The summed E-state index contributed by atoms with van der Waals surface area (Å²) in [4.78, 5) is 27.0. The fourth-order valence-corrected chi connectivity index (χ4v) is 4.14. The van der Waals surface area contributed by atoms with E-state index in [-0.39, 0.29) is 11.3 Å². The van der Waals surface area contributed by atoms with Crippen molar-refractivity contribution >= 4 is 17.5 Å². The molecule has 1 aliphatic carbocycles. The summed E-state index contributed by atoms with van der Waals surface area (Å²) >= 11 is 5.98. The van der Waals surface area contributed by atoms with E-state index < -0.39 is 5.38 Å². The number of halogens is 1. The summed E-state index contributed by atoms with van der Waals surface area (Å²) in [6.45, 7) is 3.01. The van der Waals surface area contributed by atoms with Crippen LogP contribution < -0.4 is 0 Å². The second kappa shape index (κ2) is 5.81. The predicted octanol–water partition coefficient (Wildman–Crippen LogP) is 2.03. The quantitative estimate of drug-likeness (QED) is 0.790. The SMILES string of the molecule is CC(Cl)C(=O)N1C[C@@H]2CCC[C@]2(c2nc(-c3cnccn3)no2)C1. The van der Waals surface area contributed by atoms with Crippen LogP contribution in [0.15, 0.2) is 23.1 Å². The highest BCUT2D eigenvalue weighted by Gasteiger charge is 2.55. The minimum Gasteiger partial charge on any atom is -0.340 e. The first-order valence-corrected chi connectivity index (χ1v) is 8.57.